The number of unbranched alkanes of at least 4 members (excludes halogenated alkanes) is 12. The number of benzene rings is 1. The van der Waals surface area contributed by atoms with Crippen LogP contribution in [0.3, 0.4) is 0 Å². The van der Waals surface area contributed by atoms with Crippen molar-refractivity contribution in [1.29, 1.82) is 0 Å². The third-order valence-corrected chi connectivity index (χ3v) is 7.00. The Morgan fingerprint density at radius 3 is 1.67 bits per heavy atom. The molecule has 3 heteroatoms. The molecule has 0 bridgehead atoms. The smallest absolute Gasteiger partial charge is 0.342 e. The van der Waals surface area contributed by atoms with Crippen LogP contribution in [0, 0.1) is 5.92 Å². The van der Waals surface area contributed by atoms with Gasteiger partial charge in [-0.3, -0.25) is 0 Å². The van der Waals surface area contributed by atoms with E-state index in [1.165, 1.54) is 89.9 Å². The summed E-state index contributed by atoms with van der Waals surface area (Å²) in [5, 5.41) is 0. The highest BCUT2D eigenvalue weighted by molar-refractivity contribution is 5.80. The number of methoxy groups -OCH3 is 1. The van der Waals surface area contributed by atoms with Gasteiger partial charge in [-0.2, -0.15) is 0 Å². The number of ether oxygens (including phenoxy) is 2. The van der Waals surface area contributed by atoms with Crippen molar-refractivity contribution in [3.63, 3.8) is 0 Å². The predicted molar refractivity (Wildman–Crippen MR) is 140 cm³/mol. The summed E-state index contributed by atoms with van der Waals surface area (Å²) in [6.45, 7) is 6.85. The molecule has 0 N–H and O–H groups in total. The Balaban J connectivity index is 2.49. The topological polar surface area (TPSA) is 35.5 Å². The van der Waals surface area contributed by atoms with Crippen molar-refractivity contribution in [3.8, 4) is 0 Å². The first-order valence-electron chi connectivity index (χ1n) is 13.9. The average molecular weight is 461 g/mol. The summed E-state index contributed by atoms with van der Waals surface area (Å²) in [5.74, 6) is 0.178. The van der Waals surface area contributed by atoms with Crippen LogP contribution in [-0.4, -0.2) is 19.7 Å². The molecule has 0 radical (unpaired) electrons. The van der Waals surface area contributed by atoms with Crippen molar-refractivity contribution in [1.82, 2.24) is 0 Å². The summed E-state index contributed by atoms with van der Waals surface area (Å²) >= 11 is 0. The zero-order valence-electron chi connectivity index (χ0n) is 22.2. The van der Waals surface area contributed by atoms with E-state index in [4.69, 9.17) is 9.47 Å². The molecule has 0 saturated heterocycles. The third-order valence-electron chi connectivity index (χ3n) is 7.00. The molecule has 0 fully saturated rings. The molecule has 2 atom stereocenters. The first-order chi connectivity index (χ1) is 16.1. The van der Waals surface area contributed by atoms with Gasteiger partial charge in [0.15, 0.2) is 5.60 Å². The lowest BCUT2D eigenvalue weighted by molar-refractivity contribution is -0.170. The monoisotopic (exact) mass is 460 g/mol. The van der Waals surface area contributed by atoms with E-state index in [2.05, 4.69) is 13.8 Å². The first-order valence-corrected chi connectivity index (χ1v) is 13.9. The molecular formula is C30H52O3. The highest BCUT2D eigenvalue weighted by atomic mass is 16.6. The van der Waals surface area contributed by atoms with E-state index in [0.717, 1.165) is 18.4 Å². The Labute approximate surface area is 205 Å². The van der Waals surface area contributed by atoms with Gasteiger partial charge in [-0.1, -0.05) is 134 Å². The van der Waals surface area contributed by atoms with E-state index in [1.807, 2.05) is 37.3 Å². The zero-order chi connectivity index (χ0) is 24.2. The van der Waals surface area contributed by atoms with Crippen LogP contribution in [-0.2, 0) is 19.9 Å². The lowest BCUT2D eigenvalue weighted by Crippen LogP contribution is -2.37. The van der Waals surface area contributed by atoms with Gasteiger partial charge in [-0.15, -0.1) is 0 Å². The maximum atomic E-state index is 13.0. The van der Waals surface area contributed by atoms with Gasteiger partial charge in [0.2, 0.25) is 0 Å². The molecule has 3 nitrogen and oxygen atoms in total. The standard InChI is InChI=1S/C30H52O3/c1-5-7-9-11-13-14-16-19-23-27(22-18-15-12-10-8-6-2)26-33-29(31)30(3,32-4)28-24-20-17-21-25-28/h17,20-21,24-25,27H,5-16,18-19,22-23,26H2,1-4H3. The second kappa shape index (κ2) is 19.0. The number of rotatable bonds is 21. The molecule has 0 saturated carbocycles. The van der Waals surface area contributed by atoms with Crippen molar-refractivity contribution in [3.05, 3.63) is 35.9 Å². The minimum Gasteiger partial charge on any atom is -0.463 e. The largest absolute Gasteiger partial charge is 0.463 e. The molecule has 1 aromatic carbocycles. The Bertz CT molecular complexity index is 585. The van der Waals surface area contributed by atoms with Crippen LogP contribution in [0.2, 0.25) is 0 Å². The number of carbonyl (C=O) groups is 1. The molecule has 2 unspecified atom stereocenters. The Kier molecular flexibility index (Phi) is 17.1. The van der Waals surface area contributed by atoms with Gasteiger partial charge in [0.1, 0.15) is 0 Å². The van der Waals surface area contributed by atoms with Gasteiger partial charge < -0.3 is 9.47 Å². The number of hydrogen-bond acceptors (Lipinski definition) is 3. The molecule has 0 aliphatic heterocycles. The van der Waals surface area contributed by atoms with Gasteiger partial charge >= 0.3 is 5.97 Å². The van der Waals surface area contributed by atoms with Crippen LogP contribution < -0.4 is 0 Å². The number of hydrogen-bond donors (Lipinski definition) is 0. The lowest BCUT2D eigenvalue weighted by atomic mass is 9.94. The highest BCUT2D eigenvalue weighted by Gasteiger charge is 2.37. The molecule has 1 aromatic rings. The molecule has 0 spiro atoms. The summed E-state index contributed by atoms with van der Waals surface area (Å²) in [5.41, 5.74) is -0.210. The fourth-order valence-electron chi connectivity index (χ4n) is 4.50. The van der Waals surface area contributed by atoms with E-state index in [0.29, 0.717) is 12.5 Å². The lowest BCUT2D eigenvalue weighted by Gasteiger charge is -2.27. The van der Waals surface area contributed by atoms with E-state index in [9.17, 15) is 4.79 Å². The molecule has 0 amide bonds. The van der Waals surface area contributed by atoms with Crippen LogP contribution in [0.25, 0.3) is 0 Å². The van der Waals surface area contributed by atoms with Gasteiger partial charge in [-0.05, 0) is 31.2 Å². The van der Waals surface area contributed by atoms with Crippen molar-refractivity contribution in [2.24, 2.45) is 5.92 Å². The van der Waals surface area contributed by atoms with E-state index in [1.54, 1.807) is 7.11 Å². The molecule has 33 heavy (non-hydrogen) atoms. The summed E-state index contributed by atoms with van der Waals surface area (Å²) < 4.78 is 11.5. The molecule has 0 aromatic heterocycles. The second-order valence-electron chi connectivity index (χ2n) is 9.89. The molecule has 1 rings (SSSR count). The number of esters is 1. The van der Waals surface area contributed by atoms with Gasteiger partial charge in [0.05, 0.1) is 6.61 Å². The Morgan fingerprint density at radius 2 is 1.21 bits per heavy atom. The van der Waals surface area contributed by atoms with E-state index in [-0.39, 0.29) is 5.97 Å². The molecule has 0 aliphatic rings. The fourth-order valence-corrected chi connectivity index (χ4v) is 4.50. The van der Waals surface area contributed by atoms with Crippen LogP contribution >= 0.6 is 0 Å². The Hall–Kier alpha value is -1.35. The maximum absolute atomic E-state index is 13.0. The maximum Gasteiger partial charge on any atom is 0.342 e. The SMILES string of the molecule is CCCCCCCCCCC(CCCCCCCC)COC(=O)C(C)(OC)c1ccccc1. The summed E-state index contributed by atoms with van der Waals surface area (Å²) in [4.78, 5) is 13.0. The van der Waals surface area contributed by atoms with Gasteiger partial charge in [0.25, 0.3) is 0 Å². The normalized spacial score (nSPS) is 14.1. The van der Waals surface area contributed by atoms with Gasteiger partial charge in [0, 0.05) is 7.11 Å². The Morgan fingerprint density at radius 1 is 0.758 bits per heavy atom. The minimum absolute atomic E-state index is 0.278. The predicted octanol–water partition coefficient (Wildman–Crippen LogP) is 8.99. The van der Waals surface area contributed by atoms with Crippen LogP contribution in [0.5, 0.6) is 0 Å². The van der Waals surface area contributed by atoms with E-state index >= 15 is 0 Å². The molecule has 0 aliphatic carbocycles. The third kappa shape index (κ3) is 12.6. The molecule has 0 heterocycles. The van der Waals surface area contributed by atoms with E-state index < -0.39 is 5.60 Å². The van der Waals surface area contributed by atoms with Crippen LogP contribution in [0.1, 0.15) is 129 Å². The highest BCUT2D eigenvalue weighted by Crippen LogP contribution is 2.27. The van der Waals surface area contributed by atoms with Crippen LogP contribution in [0.4, 0.5) is 0 Å². The molecule has 190 valence electrons. The average Bonchev–Trinajstić information content (AvgIpc) is 2.85. The summed E-state index contributed by atoms with van der Waals surface area (Å²) in [7, 11) is 1.59. The quantitative estimate of drug-likeness (QED) is 0.136. The summed E-state index contributed by atoms with van der Waals surface area (Å²) in [6, 6.07) is 9.68. The first kappa shape index (κ1) is 29.7. The van der Waals surface area contributed by atoms with Gasteiger partial charge in [-0.25, -0.2) is 4.79 Å². The minimum atomic E-state index is -1.05. The fraction of sp³-hybridized carbons (Fsp3) is 0.767. The zero-order valence-corrected chi connectivity index (χ0v) is 22.2. The van der Waals surface area contributed by atoms with Crippen molar-refractivity contribution in [2.45, 2.75) is 129 Å². The molecular weight excluding hydrogens is 408 g/mol. The van der Waals surface area contributed by atoms with Crippen molar-refractivity contribution < 1.29 is 14.3 Å². The van der Waals surface area contributed by atoms with Crippen LogP contribution in [0.15, 0.2) is 30.3 Å². The number of carbonyl (C=O) groups excluding carboxylic acids is 1. The second-order valence-corrected chi connectivity index (χ2v) is 9.89. The summed E-state index contributed by atoms with van der Waals surface area (Å²) in [6.07, 6.45) is 20.8. The van der Waals surface area contributed by atoms with Crippen molar-refractivity contribution in [2.75, 3.05) is 13.7 Å². The van der Waals surface area contributed by atoms with Crippen molar-refractivity contribution >= 4 is 5.97 Å².